The molecule has 1 heterocycles. The molecule has 0 bridgehead atoms. The molecule has 2 aromatic rings. The third kappa shape index (κ3) is 4.25. The second-order valence-electron chi connectivity index (χ2n) is 6.10. The van der Waals surface area contributed by atoms with Crippen molar-refractivity contribution in [2.45, 2.75) is 11.4 Å². The first kappa shape index (κ1) is 19.3. The number of ether oxygens (including phenoxy) is 1. The number of nitrogens with zero attached hydrogens (tertiary/aromatic N) is 2. The highest BCUT2D eigenvalue weighted by molar-refractivity contribution is 9.10. The molecule has 8 heteroatoms. The molecule has 2 aromatic carbocycles. The van der Waals surface area contributed by atoms with Gasteiger partial charge in [0.05, 0.1) is 16.5 Å². The summed E-state index contributed by atoms with van der Waals surface area (Å²) in [6, 6.07) is 10.9. The summed E-state index contributed by atoms with van der Waals surface area (Å²) >= 11 is 3.48. The molecule has 1 aliphatic rings. The van der Waals surface area contributed by atoms with Crippen molar-refractivity contribution in [3.63, 3.8) is 0 Å². The Kier molecular flexibility index (Phi) is 5.96. The second-order valence-corrected chi connectivity index (χ2v) is 8.90. The lowest BCUT2D eigenvalue weighted by Crippen LogP contribution is -2.48. The zero-order chi connectivity index (χ0) is 18.7. The molecule has 0 saturated carbocycles. The van der Waals surface area contributed by atoms with Gasteiger partial charge in [-0.05, 0) is 57.9 Å². The Morgan fingerprint density at radius 2 is 1.73 bits per heavy atom. The summed E-state index contributed by atoms with van der Waals surface area (Å²) in [5.74, 6) is 0.336. The van der Waals surface area contributed by atoms with E-state index in [1.54, 1.807) is 7.11 Å². The molecule has 5 nitrogen and oxygen atoms in total. The molecule has 1 fully saturated rings. The van der Waals surface area contributed by atoms with Crippen LogP contribution in [0, 0.1) is 5.82 Å². The first-order valence-corrected chi connectivity index (χ1v) is 10.4. The van der Waals surface area contributed by atoms with E-state index in [1.807, 2.05) is 18.2 Å². The van der Waals surface area contributed by atoms with Crippen LogP contribution in [0.3, 0.4) is 0 Å². The Labute approximate surface area is 161 Å². The number of rotatable bonds is 5. The van der Waals surface area contributed by atoms with Crippen LogP contribution in [0.1, 0.15) is 5.56 Å². The van der Waals surface area contributed by atoms with Gasteiger partial charge in [-0.2, -0.15) is 4.31 Å². The quantitative estimate of drug-likeness (QED) is 0.713. The van der Waals surface area contributed by atoms with Crippen LogP contribution in [-0.4, -0.2) is 50.9 Å². The zero-order valence-electron chi connectivity index (χ0n) is 14.4. The van der Waals surface area contributed by atoms with Crippen molar-refractivity contribution in [2.75, 3.05) is 33.3 Å². The van der Waals surface area contributed by atoms with Crippen LogP contribution in [0.25, 0.3) is 0 Å². The van der Waals surface area contributed by atoms with E-state index in [1.165, 1.54) is 28.6 Å². The highest BCUT2D eigenvalue weighted by Crippen LogP contribution is 2.26. The fourth-order valence-corrected chi connectivity index (χ4v) is 4.96. The lowest BCUT2D eigenvalue weighted by Gasteiger charge is -2.34. The van der Waals surface area contributed by atoms with Crippen molar-refractivity contribution in [3.8, 4) is 5.75 Å². The molecule has 0 atom stereocenters. The van der Waals surface area contributed by atoms with Crippen LogP contribution in [0.15, 0.2) is 51.8 Å². The minimum Gasteiger partial charge on any atom is -0.496 e. The number of methoxy groups -OCH3 is 1. The van der Waals surface area contributed by atoms with E-state index in [0.717, 1.165) is 22.3 Å². The van der Waals surface area contributed by atoms with Gasteiger partial charge in [-0.1, -0.05) is 6.07 Å². The molecule has 26 heavy (non-hydrogen) atoms. The van der Waals surface area contributed by atoms with Gasteiger partial charge in [-0.25, -0.2) is 12.8 Å². The summed E-state index contributed by atoms with van der Waals surface area (Å²) in [6.45, 7) is 2.86. The lowest BCUT2D eigenvalue weighted by molar-refractivity contribution is 0.181. The molecule has 0 spiro atoms. The summed E-state index contributed by atoms with van der Waals surface area (Å²) in [7, 11) is -1.95. The highest BCUT2D eigenvalue weighted by atomic mass is 79.9. The van der Waals surface area contributed by atoms with E-state index in [0.29, 0.717) is 26.2 Å². The number of hydrogen-bond acceptors (Lipinski definition) is 4. The fourth-order valence-electron chi connectivity index (χ4n) is 2.95. The molecule has 0 radical (unpaired) electrons. The normalized spacial score (nSPS) is 16.6. The van der Waals surface area contributed by atoms with Crippen LogP contribution >= 0.6 is 15.9 Å². The van der Waals surface area contributed by atoms with Gasteiger partial charge in [0.15, 0.2) is 0 Å². The number of sulfonamides is 1. The average molecular weight is 443 g/mol. The summed E-state index contributed by atoms with van der Waals surface area (Å²) in [6.07, 6.45) is 0. The SMILES string of the molecule is COc1ccc(CN2CCN(S(=O)(=O)c3ccc(F)cc3)CC2)cc1Br. The van der Waals surface area contributed by atoms with Gasteiger partial charge in [0, 0.05) is 32.7 Å². The molecular weight excluding hydrogens is 423 g/mol. The Balaban J connectivity index is 1.62. The summed E-state index contributed by atoms with van der Waals surface area (Å²) < 4.78 is 45.9. The van der Waals surface area contributed by atoms with Crippen molar-refractivity contribution in [1.82, 2.24) is 9.21 Å². The van der Waals surface area contributed by atoms with Crippen molar-refractivity contribution < 1.29 is 17.5 Å². The van der Waals surface area contributed by atoms with E-state index in [-0.39, 0.29) is 4.90 Å². The maximum absolute atomic E-state index is 13.0. The van der Waals surface area contributed by atoms with Gasteiger partial charge in [0.1, 0.15) is 11.6 Å². The third-order valence-electron chi connectivity index (χ3n) is 4.41. The van der Waals surface area contributed by atoms with E-state index in [2.05, 4.69) is 20.8 Å². The standard InChI is InChI=1S/C18H20BrFN2O3S/c1-25-18-7-2-14(12-17(18)19)13-21-8-10-22(11-9-21)26(23,24)16-5-3-15(20)4-6-16/h2-7,12H,8-11,13H2,1H3. The van der Waals surface area contributed by atoms with Gasteiger partial charge in [-0.15, -0.1) is 0 Å². The first-order valence-electron chi connectivity index (χ1n) is 8.20. The van der Waals surface area contributed by atoms with E-state index in [4.69, 9.17) is 4.74 Å². The van der Waals surface area contributed by atoms with E-state index < -0.39 is 15.8 Å². The van der Waals surface area contributed by atoms with Crippen molar-refractivity contribution in [2.24, 2.45) is 0 Å². The maximum Gasteiger partial charge on any atom is 0.243 e. The molecular formula is C18H20BrFN2O3S. The predicted molar refractivity (Wildman–Crippen MR) is 101 cm³/mol. The smallest absolute Gasteiger partial charge is 0.243 e. The molecule has 140 valence electrons. The van der Waals surface area contributed by atoms with Crippen molar-refractivity contribution in [3.05, 3.63) is 58.3 Å². The van der Waals surface area contributed by atoms with Crippen LogP contribution in [-0.2, 0) is 16.6 Å². The topological polar surface area (TPSA) is 49.9 Å². The van der Waals surface area contributed by atoms with E-state index >= 15 is 0 Å². The fraction of sp³-hybridized carbons (Fsp3) is 0.333. The third-order valence-corrected chi connectivity index (χ3v) is 6.94. The molecule has 0 N–H and O–H groups in total. The molecule has 1 aliphatic heterocycles. The lowest BCUT2D eigenvalue weighted by atomic mass is 10.2. The average Bonchev–Trinajstić information content (AvgIpc) is 2.63. The summed E-state index contributed by atoms with van der Waals surface area (Å²) in [5.41, 5.74) is 1.13. The molecule has 1 saturated heterocycles. The van der Waals surface area contributed by atoms with Crippen LogP contribution in [0.2, 0.25) is 0 Å². The predicted octanol–water partition coefficient (Wildman–Crippen LogP) is 3.10. The van der Waals surface area contributed by atoms with Crippen LogP contribution < -0.4 is 4.74 Å². The summed E-state index contributed by atoms with van der Waals surface area (Å²) in [4.78, 5) is 2.34. The van der Waals surface area contributed by atoms with Gasteiger partial charge in [0.2, 0.25) is 10.0 Å². The number of benzene rings is 2. The van der Waals surface area contributed by atoms with E-state index in [9.17, 15) is 12.8 Å². The van der Waals surface area contributed by atoms with Crippen LogP contribution in [0.4, 0.5) is 4.39 Å². The number of hydrogen-bond donors (Lipinski definition) is 0. The van der Waals surface area contributed by atoms with Crippen LogP contribution in [0.5, 0.6) is 5.75 Å². The Morgan fingerprint density at radius 1 is 1.08 bits per heavy atom. The minimum atomic E-state index is -3.57. The van der Waals surface area contributed by atoms with Gasteiger partial charge < -0.3 is 4.74 Å². The second kappa shape index (κ2) is 8.04. The van der Waals surface area contributed by atoms with Crippen molar-refractivity contribution >= 4 is 26.0 Å². The monoisotopic (exact) mass is 442 g/mol. The van der Waals surface area contributed by atoms with Gasteiger partial charge in [0.25, 0.3) is 0 Å². The molecule has 0 unspecified atom stereocenters. The number of halogens is 2. The van der Waals surface area contributed by atoms with Crippen molar-refractivity contribution in [1.29, 1.82) is 0 Å². The van der Waals surface area contributed by atoms with Gasteiger partial charge >= 0.3 is 0 Å². The largest absolute Gasteiger partial charge is 0.496 e. The summed E-state index contributed by atoms with van der Waals surface area (Å²) in [5, 5.41) is 0. The highest BCUT2D eigenvalue weighted by Gasteiger charge is 2.28. The minimum absolute atomic E-state index is 0.131. The first-order chi connectivity index (χ1) is 12.4. The zero-order valence-corrected chi connectivity index (χ0v) is 16.8. The molecule has 3 rings (SSSR count). The Bertz CT molecular complexity index is 867. The molecule has 0 aromatic heterocycles. The Hall–Kier alpha value is -1.48. The maximum atomic E-state index is 13.0. The number of piperazine rings is 1. The Morgan fingerprint density at radius 3 is 2.31 bits per heavy atom. The molecule has 0 aliphatic carbocycles. The molecule has 0 amide bonds. The van der Waals surface area contributed by atoms with Gasteiger partial charge in [-0.3, -0.25) is 4.90 Å².